The van der Waals surface area contributed by atoms with Crippen LogP contribution in [0.15, 0.2) is 18.2 Å². The molecule has 2 rings (SSSR count). The van der Waals surface area contributed by atoms with Crippen molar-refractivity contribution in [3.63, 3.8) is 0 Å². The van der Waals surface area contributed by atoms with Crippen LogP contribution in [-0.2, 0) is 24.2 Å². The minimum Gasteiger partial charge on any atom is -0.481 e. The van der Waals surface area contributed by atoms with Gasteiger partial charge in [0.25, 0.3) is 0 Å². The van der Waals surface area contributed by atoms with Crippen molar-refractivity contribution in [3.8, 4) is 0 Å². The van der Waals surface area contributed by atoms with Crippen LogP contribution in [0.1, 0.15) is 23.1 Å². The van der Waals surface area contributed by atoms with Gasteiger partial charge < -0.3 is 10.4 Å². The molecule has 3 nitrogen and oxygen atoms in total. The second kappa shape index (κ2) is 4.45. The van der Waals surface area contributed by atoms with Crippen LogP contribution in [0.5, 0.6) is 0 Å². The minimum absolute atomic E-state index is 0.142. The van der Waals surface area contributed by atoms with Gasteiger partial charge in [0, 0.05) is 6.54 Å². The zero-order valence-corrected chi connectivity index (χ0v) is 8.62. The lowest BCUT2D eigenvalue weighted by molar-refractivity contribution is -0.136. The number of hydrogen-bond donors (Lipinski definition) is 2. The molecule has 3 heteroatoms. The van der Waals surface area contributed by atoms with E-state index in [9.17, 15) is 4.79 Å². The van der Waals surface area contributed by atoms with Crippen molar-refractivity contribution in [3.05, 3.63) is 34.9 Å². The molecule has 0 radical (unpaired) electrons. The monoisotopic (exact) mass is 205 g/mol. The van der Waals surface area contributed by atoms with Gasteiger partial charge >= 0.3 is 5.97 Å². The second-order valence-corrected chi connectivity index (χ2v) is 3.91. The highest BCUT2D eigenvalue weighted by Gasteiger charge is 2.12. The molecule has 0 unspecified atom stereocenters. The molecule has 0 saturated heterocycles. The number of fused-ring (bicyclic) bond motifs is 1. The Hall–Kier alpha value is -1.35. The largest absolute Gasteiger partial charge is 0.481 e. The number of rotatable bonds is 2. The van der Waals surface area contributed by atoms with E-state index in [4.69, 9.17) is 5.11 Å². The highest BCUT2D eigenvalue weighted by Crippen LogP contribution is 2.19. The van der Waals surface area contributed by atoms with E-state index in [-0.39, 0.29) is 6.42 Å². The number of carbonyl (C=O) groups is 1. The van der Waals surface area contributed by atoms with E-state index in [1.807, 2.05) is 12.1 Å². The topological polar surface area (TPSA) is 49.3 Å². The molecule has 0 saturated carbocycles. The number of aliphatic carboxylic acids is 1. The lowest BCUT2D eigenvalue weighted by atomic mass is 9.96. The highest BCUT2D eigenvalue weighted by molar-refractivity contribution is 5.71. The third kappa shape index (κ3) is 2.36. The van der Waals surface area contributed by atoms with Gasteiger partial charge in [-0.15, -0.1) is 0 Å². The van der Waals surface area contributed by atoms with Gasteiger partial charge in [0.2, 0.25) is 0 Å². The predicted octanol–water partition coefficient (Wildman–Crippen LogP) is 1.35. The van der Waals surface area contributed by atoms with Crippen LogP contribution in [0, 0.1) is 0 Å². The Morgan fingerprint density at radius 1 is 1.47 bits per heavy atom. The fourth-order valence-electron chi connectivity index (χ4n) is 2.12. The Kier molecular flexibility index (Phi) is 3.02. The molecular weight excluding hydrogens is 190 g/mol. The fourth-order valence-corrected chi connectivity index (χ4v) is 2.12. The second-order valence-electron chi connectivity index (χ2n) is 3.91. The maximum Gasteiger partial charge on any atom is 0.307 e. The quantitative estimate of drug-likeness (QED) is 0.766. The average molecular weight is 205 g/mol. The lowest BCUT2D eigenvalue weighted by Crippen LogP contribution is -2.12. The molecule has 1 aliphatic rings. The van der Waals surface area contributed by atoms with Crippen molar-refractivity contribution in [1.82, 2.24) is 5.32 Å². The molecule has 1 heterocycles. The highest BCUT2D eigenvalue weighted by atomic mass is 16.4. The van der Waals surface area contributed by atoms with Crippen molar-refractivity contribution in [2.75, 3.05) is 6.54 Å². The van der Waals surface area contributed by atoms with E-state index in [1.165, 1.54) is 11.1 Å². The summed E-state index contributed by atoms with van der Waals surface area (Å²) in [4.78, 5) is 10.7. The number of carboxylic acid groups (broad SMARTS) is 1. The molecule has 2 N–H and O–H groups in total. The molecule has 0 amide bonds. The Labute approximate surface area is 89.1 Å². The molecule has 0 atom stereocenters. The smallest absolute Gasteiger partial charge is 0.307 e. The van der Waals surface area contributed by atoms with E-state index in [0.717, 1.165) is 31.5 Å². The first-order chi connectivity index (χ1) is 7.27. The molecule has 0 bridgehead atoms. The third-order valence-electron chi connectivity index (χ3n) is 2.81. The first kappa shape index (κ1) is 10.2. The van der Waals surface area contributed by atoms with Crippen LogP contribution in [0.4, 0.5) is 0 Å². The van der Waals surface area contributed by atoms with Crippen molar-refractivity contribution in [2.24, 2.45) is 0 Å². The molecule has 0 spiro atoms. The van der Waals surface area contributed by atoms with E-state index in [0.29, 0.717) is 0 Å². The Morgan fingerprint density at radius 3 is 3.13 bits per heavy atom. The van der Waals surface area contributed by atoms with Crippen LogP contribution in [0.25, 0.3) is 0 Å². The minimum atomic E-state index is -0.749. The van der Waals surface area contributed by atoms with Gasteiger partial charge in [0.15, 0.2) is 0 Å². The van der Waals surface area contributed by atoms with Gasteiger partial charge in [-0.1, -0.05) is 18.2 Å². The van der Waals surface area contributed by atoms with Gasteiger partial charge in [-0.05, 0) is 36.1 Å². The summed E-state index contributed by atoms with van der Waals surface area (Å²) in [6, 6.07) is 5.96. The summed E-state index contributed by atoms with van der Waals surface area (Å²) in [6.45, 7) is 1.88. The van der Waals surface area contributed by atoms with Crippen LogP contribution >= 0.6 is 0 Å². The summed E-state index contributed by atoms with van der Waals surface area (Å²) in [6.07, 6.45) is 2.22. The van der Waals surface area contributed by atoms with Crippen LogP contribution < -0.4 is 5.32 Å². The van der Waals surface area contributed by atoms with Gasteiger partial charge in [-0.2, -0.15) is 0 Å². The zero-order valence-electron chi connectivity index (χ0n) is 8.62. The van der Waals surface area contributed by atoms with Crippen LogP contribution in [-0.4, -0.2) is 17.6 Å². The van der Waals surface area contributed by atoms with Crippen LogP contribution in [0.3, 0.4) is 0 Å². The van der Waals surface area contributed by atoms with Crippen LogP contribution in [0.2, 0.25) is 0 Å². The van der Waals surface area contributed by atoms with Crippen molar-refractivity contribution < 1.29 is 9.90 Å². The number of benzene rings is 1. The van der Waals surface area contributed by atoms with Gasteiger partial charge in [-0.25, -0.2) is 0 Å². The first-order valence-corrected chi connectivity index (χ1v) is 5.29. The molecule has 80 valence electrons. The maximum absolute atomic E-state index is 10.7. The van der Waals surface area contributed by atoms with Gasteiger partial charge in [0.1, 0.15) is 0 Å². The van der Waals surface area contributed by atoms with Crippen molar-refractivity contribution >= 4 is 5.97 Å². The molecule has 0 aliphatic carbocycles. The fraction of sp³-hybridized carbons (Fsp3) is 0.417. The molecule has 1 aliphatic heterocycles. The third-order valence-corrected chi connectivity index (χ3v) is 2.81. The average Bonchev–Trinajstić information content (AvgIpc) is 2.42. The molecular formula is C12H15NO2. The van der Waals surface area contributed by atoms with Gasteiger partial charge in [-0.3, -0.25) is 4.79 Å². The molecule has 0 aromatic heterocycles. The summed E-state index contributed by atoms with van der Waals surface area (Å²) in [5.41, 5.74) is 3.47. The van der Waals surface area contributed by atoms with E-state index in [1.54, 1.807) is 0 Å². The Morgan fingerprint density at radius 2 is 2.33 bits per heavy atom. The predicted molar refractivity (Wildman–Crippen MR) is 57.8 cm³/mol. The lowest BCUT2D eigenvalue weighted by Gasteiger charge is -2.10. The Balaban J connectivity index is 2.34. The van der Waals surface area contributed by atoms with Crippen molar-refractivity contribution in [1.29, 1.82) is 0 Å². The van der Waals surface area contributed by atoms with E-state index >= 15 is 0 Å². The summed E-state index contributed by atoms with van der Waals surface area (Å²) in [7, 11) is 0. The summed E-state index contributed by atoms with van der Waals surface area (Å²) < 4.78 is 0. The van der Waals surface area contributed by atoms with Gasteiger partial charge in [0.05, 0.1) is 6.42 Å². The Bertz CT molecular complexity index is 374. The summed E-state index contributed by atoms with van der Waals surface area (Å²) in [5, 5.41) is 12.2. The zero-order chi connectivity index (χ0) is 10.7. The molecule has 1 aromatic rings. The molecule has 15 heavy (non-hydrogen) atoms. The molecule has 0 fully saturated rings. The number of hydrogen-bond acceptors (Lipinski definition) is 2. The maximum atomic E-state index is 10.7. The number of nitrogens with one attached hydrogen (secondary N) is 1. The van der Waals surface area contributed by atoms with E-state index in [2.05, 4.69) is 11.4 Å². The standard InChI is InChI=1S/C12H15NO2/c14-12(15)7-9-3-1-4-10-8-13-6-2-5-11(9)10/h1,3-4,13H,2,5-8H2,(H,14,15). The van der Waals surface area contributed by atoms with Crippen molar-refractivity contribution in [2.45, 2.75) is 25.8 Å². The number of carboxylic acids is 1. The van der Waals surface area contributed by atoms with E-state index < -0.39 is 5.97 Å². The summed E-state index contributed by atoms with van der Waals surface area (Å²) >= 11 is 0. The SMILES string of the molecule is O=C(O)Cc1cccc2c1CCCNC2. The molecule has 1 aromatic carbocycles. The summed E-state index contributed by atoms with van der Waals surface area (Å²) in [5.74, 6) is -0.749. The first-order valence-electron chi connectivity index (χ1n) is 5.29. The normalized spacial score (nSPS) is 15.5.